The van der Waals surface area contributed by atoms with Gasteiger partial charge in [-0.3, -0.25) is 0 Å². The molecule has 0 aliphatic rings. The van der Waals surface area contributed by atoms with E-state index in [1.807, 2.05) is 6.07 Å². The minimum absolute atomic E-state index is 0.528. The fourth-order valence-electron chi connectivity index (χ4n) is 1.24. The van der Waals surface area contributed by atoms with Crippen LogP contribution in [0.5, 0.6) is 0 Å². The van der Waals surface area contributed by atoms with E-state index < -0.39 is 0 Å². The summed E-state index contributed by atoms with van der Waals surface area (Å²) in [6.45, 7) is 0. The Morgan fingerprint density at radius 3 is 2.92 bits per heavy atom. The molecule has 0 atom stereocenters. The van der Waals surface area contributed by atoms with Crippen molar-refractivity contribution >= 4 is 61.6 Å². The second kappa shape index (κ2) is 3.81. The molecule has 0 fully saturated rings. The number of halogens is 2. The molecule has 4 heteroatoms. The zero-order chi connectivity index (χ0) is 9.42. The third-order valence-electron chi connectivity index (χ3n) is 1.87. The Bertz CT molecular complexity index is 450. The van der Waals surface area contributed by atoms with E-state index in [1.54, 1.807) is 11.3 Å². The van der Waals surface area contributed by atoms with Crippen LogP contribution in [0, 0.1) is 0 Å². The molecule has 0 saturated carbocycles. The summed E-state index contributed by atoms with van der Waals surface area (Å²) in [4.78, 5) is 0. The molecule has 0 bridgehead atoms. The molecule has 0 aliphatic carbocycles. The fraction of sp³-hybridized carbons (Fsp3) is 0.111. The van der Waals surface area contributed by atoms with Crippen molar-refractivity contribution < 1.29 is 0 Å². The maximum absolute atomic E-state index is 5.84. The van der Waals surface area contributed by atoms with E-state index in [1.165, 1.54) is 10.1 Å². The van der Waals surface area contributed by atoms with Crippen molar-refractivity contribution in [3.05, 3.63) is 28.2 Å². The first kappa shape index (κ1) is 9.84. The Morgan fingerprint density at radius 2 is 2.23 bits per heavy atom. The lowest BCUT2D eigenvalue weighted by atomic mass is 10.2. The van der Waals surface area contributed by atoms with Gasteiger partial charge in [0.25, 0.3) is 0 Å². The van der Waals surface area contributed by atoms with E-state index in [9.17, 15) is 0 Å². The van der Waals surface area contributed by atoms with Gasteiger partial charge in [-0.25, -0.2) is 0 Å². The maximum atomic E-state index is 5.84. The lowest BCUT2D eigenvalue weighted by Gasteiger charge is -1.94. The van der Waals surface area contributed by atoms with Crippen molar-refractivity contribution in [1.82, 2.24) is 0 Å². The van der Waals surface area contributed by atoms with Crippen LogP contribution in [-0.2, 0) is 5.88 Å². The summed E-state index contributed by atoms with van der Waals surface area (Å²) in [5.41, 5.74) is 1.14. The molecule has 1 heterocycles. The van der Waals surface area contributed by atoms with Crippen molar-refractivity contribution in [2.24, 2.45) is 0 Å². The molecular weight excluding hydrogens is 288 g/mol. The monoisotopic (exact) mass is 292 g/mol. The Hall–Kier alpha value is 0.300. The molecule has 0 amide bonds. The molecule has 0 nitrogen and oxygen atoms in total. The SMILES string of the molecule is Sc1sc2cc(Br)ccc2c1CCl. The van der Waals surface area contributed by atoms with Crippen LogP contribution in [0.1, 0.15) is 5.56 Å². The van der Waals surface area contributed by atoms with Crippen molar-refractivity contribution in [2.45, 2.75) is 10.1 Å². The number of alkyl halides is 1. The van der Waals surface area contributed by atoms with Gasteiger partial charge in [-0.2, -0.15) is 0 Å². The average molecular weight is 294 g/mol. The first-order valence-electron chi connectivity index (χ1n) is 3.68. The zero-order valence-electron chi connectivity index (χ0n) is 6.55. The van der Waals surface area contributed by atoms with Gasteiger partial charge in [-0.1, -0.05) is 22.0 Å². The second-order valence-corrected chi connectivity index (χ2v) is 5.64. The normalized spacial score (nSPS) is 11.0. The first-order valence-corrected chi connectivity index (χ1v) is 6.27. The standard InChI is InChI=1S/C9H6BrClS2/c10-5-1-2-6-7(4-11)9(12)13-8(6)3-5/h1-3,12H,4H2. The van der Waals surface area contributed by atoms with Gasteiger partial charge in [-0.05, 0) is 23.1 Å². The molecular formula is C9H6BrClS2. The topological polar surface area (TPSA) is 0 Å². The lowest BCUT2D eigenvalue weighted by Crippen LogP contribution is -1.74. The predicted octanol–water partition coefficient (Wildman–Crippen LogP) is 4.69. The molecule has 1 aromatic carbocycles. The van der Waals surface area contributed by atoms with Crippen molar-refractivity contribution in [3.8, 4) is 0 Å². The highest BCUT2D eigenvalue weighted by Crippen LogP contribution is 2.36. The second-order valence-electron chi connectivity index (χ2n) is 2.66. The number of hydrogen-bond donors (Lipinski definition) is 1. The van der Waals surface area contributed by atoms with Gasteiger partial charge in [-0.15, -0.1) is 35.6 Å². The van der Waals surface area contributed by atoms with Crippen LogP contribution in [0.3, 0.4) is 0 Å². The summed E-state index contributed by atoms with van der Waals surface area (Å²) in [7, 11) is 0. The molecule has 0 unspecified atom stereocenters. The van der Waals surface area contributed by atoms with Crippen LogP contribution in [0.4, 0.5) is 0 Å². The number of benzene rings is 1. The molecule has 13 heavy (non-hydrogen) atoms. The van der Waals surface area contributed by atoms with Gasteiger partial charge in [0.1, 0.15) is 0 Å². The molecule has 0 aliphatic heterocycles. The summed E-state index contributed by atoms with van der Waals surface area (Å²) in [5, 5.41) is 1.22. The predicted molar refractivity (Wildman–Crippen MR) is 66.3 cm³/mol. The quantitative estimate of drug-likeness (QED) is 0.572. The molecule has 68 valence electrons. The molecule has 0 N–H and O–H groups in total. The lowest BCUT2D eigenvalue weighted by molar-refractivity contribution is 1.40. The Balaban J connectivity index is 2.79. The van der Waals surface area contributed by atoms with Crippen molar-refractivity contribution in [2.75, 3.05) is 0 Å². The summed E-state index contributed by atoms with van der Waals surface area (Å²) >= 11 is 15.3. The first-order chi connectivity index (χ1) is 6.22. The molecule has 0 spiro atoms. The third kappa shape index (κ3) is 1.75. The summed E-state index contributed by atoms with van der Waals surface area (Å²) in [6, 6.07) is 6.20. The highest BCUT2D eigenvalue weighted by molar-refractivity contribution is 9.10. The van der Waals surface area contributed by atoms with E-state index in [-0.39, 0.29) is 0 Å². The largest absolute Gasteiger partial charge is 0.132 e. The van der Waals surface area contributed by atoms with Gasteiger partial charge in [0.2, 0.25) is 0 Å². The van der Waals surface area contributed by atoms with E-state index in [0.717, 1.165) is 14.2 Å². The van der Waals surface area contributed by atoms with Gasteiger partial charge in [0, 0.05) is 15.1 Å². The summed E-state index contributed by atoms with van der Waals surface area (Å²) < 4.78 is 3.34. The Morgan fingerprint density at radius 1 is 1.46 bits per heavy atom. The molecule has 0 saturated heterocycles. The van der Waals surface area contributed by atoms with Crippen LogP contribution in [0.2, 0.25) is 0 Å². The summed E-state index contributed by atoms with van der Waals surface area (Å²) in [5.74, 6) is 0.528. The number of thiophene rings is 1. The van der Waals surface area contributed by atoms with Gasteiger partial charge in [0.15, 0.2) is 0 Å². The summed E-state index contributed by atoms with van der Waals surface area (Å²) in [6.07, 6.45) is 0. The highest BCUT2D eigenvalue weighted by atomic mass is 79.9. The number of hydrogen-bond acceptors (Lipinski definition) is 2. The number of fused-ring (bicyclic) bond motifs is 1. The van der Waals surface area contributed by atoms with Gasteiger partial charge >= 0.3 is 0 Å². The van der Waals surface area contributed by atoms with Crippen LogP contribution in [0.15, 0.2) is 26.9 Å². The molecule has 1 aromatic heterocycles. The molecule has 2 aromatic rings. The number of rotatable bonds is 1. The van der Waals surface area contributed by atoms with Gasteiger partial charge < -0.3 is 0 Å². The van der Waals surface area contributed by atoms with Crippen LogP contribution < -0.4 is 0 Å². The smallest absolute Gasteiger partial charge is 0.0624 e. The third-order valence-corrected chi connectivity index (χ3v) is 4.17. The van der Waals surface area contributed by atoms with Crippen LogP contribution in [-0.4, -0.2) is 0 Å². The van der Waals surface area contributed by atoms with Crippen LogP contribution in [0.25, 0.3) is 10.1 Å². The van der Waals surface area contributed by atoms with Crippen molar-refractivity contribution in [1.29, 1.82) is 0 Å². The molecule has 2 rings (SSSR count). The molecule has 0 radical (unpaired) electrons. The van der Waals surface area contributed by atoms with Crippen LogP contribution >= 0.6 is 51.5 Å². The highest BCUT2D eigenvalue weighted by Gasteiger charge is 2.08. The number of thiol groups is 1. The van der Waals surface area contributed by atoms with E-state index in [0.29, 0.717) is 5.88 Å². The Kier molecular flexibility index (Phi) is 2.88. The minimum Gasteiger partial charge on any atom is -0.132 e. The Labute approximate surface area is 99.4 Å². The van der Waals surface area contributed by atoms with E-state index >= 15 is 0 Å². The zero-order valence-corrected chi connectivity index (χ0v) is 10.6. The van der Waals surface area contributed by atoms with E-state index in [4.69, 9.17) is 11.6 Å². The fourth-order valence-corrected chi connectivity index (χ4v) is 3.70. The van der Waals surface area contributed by atoms with Gasteiger partial charge in [0.05, 0.1) is 4.21 Å². The minimum atomic E-state index is 0.528. The van der Waals surface area contributed by atoms with E-state index in [2.05, 4.69) is 40.7 Å². The van der Waals surface area contributed by atoms with Crippen molar-refractivity contribution in [3.63, 3.8) is 0 Å². The maximum Gasteiger partial charge on any atom is 0.0624 e. The average Bonchev–Trinajstić information content (AvgIpc) is 2.39.